The Morgan fingerprint density at radius 3 is 2.54 bits per heavy atom. The Morgan fingerprint density at radius 1 is 1.14 bits per heavy atom. The lowest BCUT2D eigenvalue weighted by Gasteiger charge is -2.28. The van der Waals surface area contributed by atoms with Crippen LogP contribution in [-0.2, 0) is 11.3 Å². The molecule has 2 aromatic heterocycles. The maximum atomic E-state index is 12.9. The second-order valence-corrected chi connectivity index (χ2v) is 6.86. The molecule has 0 bridgehead atoms. The lowest BCUT2D eigenvalue weighted by Crippen LogP contribution is -2.43. The first-order valence-corrected chi connectivity index (χ1v) is 9.22. The molecule has 0 radical (unpaired) electrons. The smallest absolute Gasteiger partial charge is 0.264 e. The summed E-state index contributed by atoms with van der Waals surface area (Å²) in [6.07, 6.45) is 1.03. The van der Waals surface area contributed by atoms with Crippen LogP contribution in [0.5, 0.6) is 5.75 Å². The van der Waals surface area contributed by atoms with E-state index < -0.39 is 6.10 Å². The molecule has 7 nitrogen and oxygen atoms in total. The highest BCUT2D eigenvalue weighted by atomic mass is 16.5. The number of ether oxygens (including phenoxy) is 1. The van der Waals surface area contributed by atoms with E-state index in [0.717, 1.165) is 5.56 Å². The SMILES string of the molecule is Cc1ccc(OC(C)C(=O)N(Cc2nc(-c3ccccn3)no2)C(C)C)cc1. The maximum absolute atomic E-state index is 12.9. The minimum absolute atomic E-state index is 0.0539. The normalized spacial score (nSPS) is 12.0. The summed E-state index contributed by atoms with van der Waals surface area (Å²) in [7, 11) is 0. The third-order valence-electron chi connectivity index (χ3n) is 4.26. The van der Waals surface area contributed by atoms with E-state index >= 15 is 0 Å². The zero-order valence-electron chi connectivity index (χ0n) is 16.5. The number of hydrogen-bond donors (Lipinski definition) is 0. The van der Waals surface area contributed by atoms with Gasteiger partial charge in [0.2, 0.25) is 11.7 Å². The van der Waals surface area contributed by atoms with Gasteiger partial charge in [-0.15, -0.1) is 0 Å². The van der Waals surface area contributed by atoms with E-state index in [-0.39, 0.29) is 18.5 Å². The van der Waals surface area contributed by atoms with Gasteiger partial charge in [-0.2, -0.15) is 4.98 Å². The summed E-state index contributed by atoms with van der Waals surface area (Å²) >= 11 is 0. The number of amides is 1. The van der Waals surface area contributed by atoms with Crippen LogP contribution in [0.25, 0.3) is 11.5 Å². The number of nitrogens with zero attached hydrogens (tertiary/aromatic N) is 4. The van der Waals surface area contributed by atoms with Gasteiger partial charge in [-0.3, -0.25) is 9.78 Å². The standard InChI is InChI=1S/C21H24N4O3/c1-14(2)25(21(26)16(4)27-17-10-8-15(3)9-11-17)13-19-23-20(24-28-19)18-7-5-6-12-22-18/h5-12,14,16H,13H2,1-4H3. The molecule has 0 saturated heterocycles. The number of aromatic nitrogens is 3. The van der Waals surface area contributed by atoms with Crippen molar-refractivity contribution >= 4 is 5.91 Å². The highest BCUT2D eigenvalue weighted by Gasteiger charge is 2.26. The third kappa shape index (κ3) is 4.73. The summed E-state index contributed by atoms with van der Waals surface area (Å²) in [5.41, 5.74) is 1.76. The van der Waals surface area contributed by atoms with Gasteiger partial charge in [-0.1, -0.05) is 28.9 Å². The number of aryl methyl sites for hydroxylation is 1. The molecular weight excluding hydrogens is 356 g/mol. The Hall–Kier alpha value is -3.22. The van der Waals surface area contributed by atoms with Crippen molar-refractivity contribution in [1.82, 2.24) is 20.0 Å². The lowest BCUT2D eigenvalue weighted by molar-refractivity contribution is -0.140. The van der Waals surface area contributed by atoms with Crippen molar-refractivity contribution in [3.05, 3.63) is 60.1 Å². The van der Waals surface area contributed by atoms with Crippen molar-refractivity contribution in [1.29, 1.82) is 0 Å². The fourth-order valence-corrected chi connectivity index (χ4v) is 2.68. The topological polar surface area (TPSA) is 81.4 Å². The third-order valence-corrected chi connectivity index (χ3v) is 4.26. The Labute approximate surface area is 164 Å². The van der Waals surface area contributed by atoms with Crippen LogP contribution >= 0.6 is 0 Å². The average Bonchev–Trinajstić information content (AvgIpc) is 3.16. The van der Waals surface area contributed by atoms with Gasteiger partial charge in [0.1, 0.15) is 18.0 Å². The first-order valence-electron chi connectivity index (χ1n) is 9.22. The molecule has 3 aromatic rings. The number of hydrogen-bond acceptors (Lipinski definition) is 6. The number of rotatable bonds is 7. The summed E-state index contributed by atoms with van der Waals surface area (Å²) in [4.78, 5) is 23.2. The molecule has 0 spiro atoms. The lowest BCUT2D eigenvalue weighted by atomic mass is 10.2. The Kier molecular flexibility index (Phi) is 6.03. The second-order valence-electron chi connectivity index (χ2n) is 6.86. The van der Waals surface area contributed by atoms with E-state index in [1.54, 1.807) is 24.1 Å². The van der Waals surface area contributed by atoms with Crippen molar-refractivity contribution < 1.29 is 14.1 Å². The van der Waals surface area contributed by atoms with Crippen molar-refractivity contribution in [3.63, 3.8) is 0 Å². The quantitative estimate of drug-likeness (QED) is 0.622. The molecule has 0 aliphatic carbocycles. The Morgan fingerprint density at radius 2 is 1.89 bits per heavy atom. The molecule has 1 aromatic carbocycles. The van der Waals surface area contributed by atoms with Crippen LogP contribution in [0.2, 0.25) is 0 Å². The molecule has 3 rings (SSSR count). The number of carbonyl (C=O) groups excluding carboxylic acids is 1. The summed E-state index contributed by atoms with van der Waals surface area (Å²) < 4.78 is 11.1. The van der Waals surface area contributed by atoms with Crippen molar-refractivity contribution in [2.45, 2.75) is 46.4 Å². The molecular formula is C21H24N4O3. The molecule has 2 heterocycles. The molecule has 0 fully saturated rings. The van der Waals surface area contributed by atoms with Gasteiger partial charge in [0.15, 0.2) is 6.10 Å². The first-order chi connectivity index (χ1) is 13.4. The molecule has 1 unspecified atom stereocenters. The molecule has 0 aliphatic rings. The molecule has 1 atom stereocenters. The van der Waals surface area contributed by atoms with Crippen molar-refractivity contribution in [2.24, 2.45) is 0 Å². The zero-order valence-corrected chi connectivity index (χ0v) is 16.5. The minimum atomic E-state index is -0.636. The van der Waals surface area contributed by atoms with Gasteiger partial charge in [0.25, 0.3) is 5.91 Å². The van der Waals surface area contributed by atoms with Gasteiger partial charge < -0.3 is 14.2 Å². The second kappa shape index (κ2) is 8.65. The number of carbonyl (C=O) groups is 1. The van der Waals surface area contributed by atoms with E-state index in [4.69, 9.17) is 9.26 Å². The molecule has 7 heteroatoms. The molecule has 0 saturated carbocycles. The average molecular weight is 380 g/mol. The Balaban J connectivity index is 1.70. The minimum Gasteiger partial charge on any atom is -0.481 e. The van der Waals surface area contributed by atoms with Gasteiger partial charge in [-0.25, -0.2) is 0 Å². The molecule has 0 aliphatic heterocycles. The van der Waals surface area contributed by atoms with Crippen LogP contribution in [0, 0.1) is 6.92 Å². The predicted octanol–water partition coefficient (Wildman–Crippen LogP) is 3.64. The predicted molar refractivity (Wildman–Crippen MR) is 104 cm³/mol. The van der Waals surface area contributed by atoms with Crippen molar-refractivity contribution in [3.8, 4) is 17.3 Å². The van der Waals surface area contributed by atoms with Crippen LogP contribution in [-0.4, -0.2) is 38.1 Å². The van der Waals surface area contributed by atoms with Crippen LogP contribution in [0.3, 0.4) is 0 Å². The number of pyridine rings is 1. The molecule has 0 N–H and O–H groups in total. The van der Waals surface area contributed by atoms with E-state index in [2.05, 4.69) is 15.1 Å². The van der Waals surface area contributed by atoms with Crippen LogP contribution < -0.4 is 4.74 Å². The van der Waals surface area contributed by atoms with E-state index in [0.29, 0.717) is 23.2 Å². The van der Waals surface area contributed by atoms with E-state index in [9.17, 15) is 4.79 Å². The highest BCUT2D eigenvalue weighted by Crippen LogP contribution is 2.17. The highest BCUT2D eigenvalue weighted by molar-refractivity contribution is 5.81. The molecule has 28 heavy (non-hydrogen) atoms. The fourth-order valence-electron chi connectivity index (χ4n) is 2.68. The van der Waals surface area contributed by atoms with E-state index in [1.807, 2.05) is 57.2 Å². The van der Waals surface area contributed by atoms with E-state index in [1.165, 1.54) is 0 Å². The van der Waals surface area contributed by atoms with Gasteiger partial charge in [-0.05, 0) is 52.0 Å². The zero-order chi connectivity index (χ0) is 20.1. The van der Waals surface area contributed by atoms with Gasteiger partial charge in [0.05, 0.1) is 0 Å². The Bertz CT molecular complexity index is 907. The number of benzene rings is 1. The van der Waals surface area contributed by atoms with Crippen molar-refractivity contribution in [2.75, 3.05) is 0 Å². The molecule has 146 valence electrons. The summed E-state index contributed by atoms with van der Waals surface area (Å²) in [6, 6.07) is 13.0. The van der Waals surface area contributed by atoms with Gasteiger partial charge >= 0.3 is 0 Å². The van der Waals surface area contributed by atoms with Crippen LogP contribution in [0.1, 0.15) is 32.2 Å². The summed E-state index contributed by atoms with van der Waals surface area (Å²) in [6.45, 7) is 7.82. The fraction of sp³-hybridized carbons (Fsp3) is 0.333. The summed E-state index contributed by atoms with van der Waals surface area (Å²) in [5.74, 6) is 1.26. The monoisotopic (exact) mass is 380 g/mol. The summed E-state index contributed by atoms with van der Waals surface area (Å²) in [5, 5.41) is 3.96. The van der Waals surface area contributed by atoms with Gasteiger partial charge in [0, 0.05) is 12.2 Å². The first kappa shape index (κ1) is 19.5. The maximum Gasteiger partial charge on any atom is 0.264 e. The largest absolute Gasteiger partial charge is 0.481 e. The van der Waals surface area contributed by atoms with Crippen LogP contribution in [0.4, 0.5) is 0 Å². The molecule has 1 amide bonds. The van der Waals surface area contributed by atoms with Crippen LogP contribution in [0.15, 0.2) is 53.2 Å².